The van der Waals surface area contributed by atoms with Crippen LogP contribution in [0.2, 0.25) is 0 Å². The summed E-state index contributed by atoms with van der Waals surface area (Å²) in [5.74, 6) is 0.850. The van der Waals surface area contributed by atoms with Crippen LogP contribution in [0.5, 0.6) is 0 Å². The molecule has 0 unspecified atom stereocenters. The summed E-state index contributed by atoms with van der Waals surface area (Å²) in [6.07, 6.45) is 5.42. The van der Waals surface area contributed by atoms with Gasteiger partial charge < -0.3 is 10.2 Å². The second kappa shape index (κ2) is 11.0. The monoisotopic (exact) mass is 542 g/mol. The Morgan fingerprint density at radius 3 is 2.76 bits per heavy atom. The summed E-state index contributed by atoms with van der Waals surface area (Å²) >= 11 is 2.65. The number of amides is 2. The fourth-order valence-corrected chi connectivity index (χ4v) is 6.42. The number of carbonyl (C=O) groups excluding carboxylic acids is 2. The van der Waals surface area contributed by atoms with Gasteiger partial charge in [0, 0.05) is 46.9 Å². The molecular formula is C28H26N6O2S2. The molecule has 2 fully saturated rings. The number of imide groups is 1. The number of piperidine rings is 1. The molecule has 0 atom stereocenters. The predicted molar refractivity (Wildman–Crippen MR) is 153 cm³/mol. The molecule has 2 aliphatic rings. The summed E-state index contributed by atoms with van der Waals surface area (Å²) in [5.41, 5.74) is 3.88. The lowest BCUT2D eigenvalue weighted by molar-refractivity contribution is -0.115. The molecule has 0 radical (unpaired) electrons. The molecule has 10 heteroatoms. The van der Waals surface area contributed by atoms with Crippen LogP contribution in [0.3, 0.4) is 0 Å². The first-order valence-electron chi connectivity index (χ1n) is 12.6. The molecule has 0 saturated carbocycles. The highest BCUT2D eigenvalue weighted by Crippen LogP contribution is 2.33. The number of hydrogen-bond donors (Lipinski definition) is 2. The number of rotatable bonds is 7. The standard InChI is InChI=1S/C28H26N6O2S2/c35-26-25(38-28(36)33-26)14-19-8-11-30-27(32-19)34-12-9-18(10-13-34)15-29-16-20-4-3-6-23(31-20)22-17-37-24-7-2-1-5-21(22)24/h1-8,11,14,17-18,29H,9-10,12-13,15-16H2,(H,33,35,36)/b25-14+. The zero-order valence-electron chi connectivity index (χ0n) is 20.6. The maximum Gasteiger partial charge on any atom is 0.290 e. The number of hydrogen-bond acceptors (Lipinski definition) is 9. The third-order valence-electron chi connectivity index (χ3n) is 6.79. The van der Waals surface area contributed by atoms with Crippen LogP contribution in [0.4, 0.5) is 10.7 Å². The number of nitrogens with zero attached hydrogens (tertiary/aromatic N) is 4. The second-order valence-electron chi connectivity index (χ2n) is 9.35. The third kappa shape index (κ3) is 5.47. The normalized spacial score (nSPS) is 17.5. The first-order chi connectivity index (χ1) is 18.6. The molecule has 1 aromatic carbocycles. The van der Waals surface area contributed by atoms with E-state index in [0.717, 1.165) is 62.2 Å². The van der Waals surface area contributed by atoms with Crippen molar-refractivity contribution in [3.05, 3.63) is 76.4 Å². The molecule has 6 rings (SSSR count). The van der Waals surface area contributed by atoms with Gasteiger partial charge in [-0.15, -0.1) is 11.3 Å². The predicted octanol–water partition coefficient (Wildman–Crippen LogP) is 5.08. The summed E-state index contributed by atoms with van der Waals surface area (Å²) in [6.45, 7) is 3.43. The first kappa shape index (κ1) is 24.7. The van der Waals surface area contributed by atoms with E-state index in [2.05, 4.69) is 73.3 Å². The van der Waals surface area contributed by atoms with E-state index in [0.29, 0.717) is 22.5 Å². The molecule has 0 spiro atoms. The Kier molecular flexibility index (Phi) is 7.17. The van der Waals surface area contributed by atoms with Crippen LogP contribution in [0.1, 0.15) is 24.2 Å². The Morgan fingerprint density at radius 1 is 1.05 bits per heavy atom. The summed E-state index contributed by atoms with van der Waals surface area (Å²) in [5, 5.41) is 8.97. The Labute approximate surface area is 228 Å². The van der Waals surface area contributed by atoms with Crippen molar-refractivity contribution in [1.82, 2.24) is 25.6 Å². The van der Waals surface area contributed by atoms with Crippen LogP contribution in [0, 0.1) is 5.92 Å². The zero-order valence-corrected chi connectivity index (χ0v) is 22.2. The number of benzene rings is 1. The van der Waals surface area contributed by atoms with Gasteiger partial charge in [-0.05, 0) is 67.4 Å². The van der Waals surface area contributed by atoms with E-state index in [9.17, 15) is 9.59 Å². The van der Waals surface area contributed by atoms with Crippen molar-refractivity contribution in [2.45, 2.75) is 19.4 Å². The number of anilines is 1. The minimum absolute atomic E-state index is 0.355. The van der Waals surface area contributed by atoms with E-state index in [1.165, 1.54) is 15.6 Å². The molecule has 0 bridgehead atoms. The van der Waals surface area contributed by atoms with Crippen molar-refractivity contribution < 1.29 is 9.59 Å². The van der Waals surface area contributed by atoms with Gasteiger partial charge in [-0.25, -0.2) is 9.97 Å². The van der Waals surface area contributed by atoms with Crippen LogP contribution in [-0.2, 0) is 11.3 Å². The Hall–Kier alpha value is -3.60. The van der Waals surface area contributed by atoms with Gasteiger partial charge >= 0.3 is 0 Å². The van der Waals surface area contributed by atoms with Crippen LogP contribution in [0.25, 0.3) is 27.4 Å². The first-order valence-corrected chi connectivity index (χ1v) is 14.3. The Balaban J connectivity index is 1.01. The molecule has 2 aliphatic heterocycles. The lowest BCUT2D eigenvalue weighted by Gasteiger charge is -2.32. The summed E-state index contributed by atoms with van der Waals surface area (Å²) < 4.78 is 1.28. The van der Waals surface area contributed by atoms with Gasteiger partial charge in [-0.3, -0.25) is 19.9 Å². The zero-order chi connectivity index (χ0) is 25.9. The molecule has 192 valence electrons. The number of fused-ring (bicyclic) bond motifs is 1. The van der Waals surface area contributed by atoms with Crippen molar-refractivity contribution in [2.24, 2.45) is 5.92 Å². The highest BCUT2D eigenvalue weighted by molar-refractivity contribution is 8.18. The van der Waals surface area contributed by atoms with Gasteiger partial charge in [0.25, 0.3) is 11.1 Å². The number of thiophene rings is 1. The van der Waals surface area contributed by atoms with Crippen LogP contribution in [-0.4, -0.2) is 45.7 Å². The molecular weight excluding hydrogens is 516 g/mol. The van der Waals surface area contributed by atoms with Crippen molar-refractivity contribution in [1.29, 1.82) is 0 Å². The van der Waals surface area contributed by atoms with Crippen LogP contribution < -0.4 is 15.5 Å². The third-order valence-corrected chi connectivity index (χ3v) is 8.56. The molecule has 2 saturated heterocycles. The van der Waals surface area contributed by atoms with E-state index in [1.54, 1.807) is 29.7 Å². The minimum Gasteiger partial charge on any atom is -0.341 e. The maximum atomic E-state index is 11.8. The van der Waals surface area contributed by atoms with Gasteiger partial charge in [0.1, 0.15) is 0 Å². The number of carbonyl (C=O) groups is 2. The number of nitrogens with one attached hydrogen (secondary N) is 2. The molecule has 2 amide bonds. The number of thioether (sulfide) groups is 1. The highest BCUT2D eigenvalue weighted by Gasteiger charge is 2.26. The molecule has 0 aliphatic carbocycles. The van der Waals surface area contributed by atoms with Crippen molar-refractivity contribution in [3.8, 4) is 11.3 Å². The second-order valence-corrected chi connectivity index (χ2v) is 11.3. The molecule has 8 nitrogen and oxygen atoms in total. The van der Waals surface area contributed by atoms with E-state index < -0.39 is 0 Å². The van der Waals surface area contributed by atoms with E-state index in [1.807, 2.05) is 0 Å². The molecule has 2 N–H and O–H groups in total. The average molecular weight is 543 g/mol. The van der Waals surface area contributed by atoms with Gasteiger partial charge in [0.05, 0.1) is 22.0 Å². The topological polar surface area (TPSA) is 100 Å². The molecule has 3 aromatic heterocycles. The SMILES string of the molecule is O=C1NC(=O)/C(=C\c2ccnc(N3CCC(CNCc4cccc(-c5csc6ccccc56)n4)CC3)n2)S1. The van der Waals surface area contributed by atoms with Crippen molar-refractivity contribution in [2.75, 3.05) is 24.5 Å². The van der Waals surface area contributed by atoms with E-state index in [-0.39, 0.29) is 11.1 Å². The van der Waals surface area contributed by atoms with Gasteiger partial charge in [0.2, 0.25) is 5.95 Å². The van der Waals surface area contributed by atoms with Crippen LogP contribution >= 0.6 is 23.1 Å². The van der Waals surface area contributed by atoms with E-state index in [4.69, 9.17) is 4.98 Å². The summed E-state index contributed by atoms with van der Waals surface area (Å²) in [4.78, 5) is 39.7. The van der Waals surface area contributed by atoms with Crippen molar-refractivity contribution in [3.63, 3.8) is 0 Å². The average Bonchev–Trinajstić information content (AvgIpc) is 3.51. The summed E-state index contributed by atoms with van der Waals surface area (Å²) in [6, 6.07) is 16.5. The smallest absolute Gasteiger partial charge is 0.290 e. The van der Waals surface area contributed by atoms with Gasteiger partial charge in [0.15, 0.2) is 0 Å². The molecule has 5 heterocycles. The van der Waals surface area contributed by atoms with Gasteiger partial charge in [-0.2, -0.15) is 0 Å². The largest absolute Gasteiger partial charge is 0.341 e. The molecule has 4 aromatic rings. The maximum absolute atomic E-state index is 11.8. The fourth-order valence-electron chi connectivity index (χ4n) is 4.80. The summed E-state index contributed by atoms with van der Waals surface area (Å²) in [7, 11) is 0. The lowest BCUT2D eigenvalue weighted by Crippen LogP contribution is -2.38. The fraction of sp³-hybridized carbons (Fsp3) is 0.250. The number of aromatic nitrogens is 3. The lowest BCUT2D eigenvalue weighted by atomic mass is 9.97. The Bertz CT molecular complexity index is 1530. The van der Waals surface area contributed by atoms with Crippen molar-refractivity contribution >= 4 is 56.4 Å². The molecule has 38 heavy (non-hydrogen) atoms. The number of pyridine rings is 1. The minimum atomic E-state index is -0.379. The van der Waals surface area contributed by atoms with E-state index >= 15 is 0 Å². The quantitative estimate of drug-likeness (QED) is 0.312. The highest BCUT2D eigenvalue weighted by atomic mass is 32.2. The van der Waals surface area contributed by atoms with Crippen LogP contribution in [0.15, 0.2) is 65.0 Å². The Morgan fingerprint density at radius 2 is 1.92 bits per heavy atom. The van der Waals surface area contributed by atoms with Gasteiger partial charge in [-0.1, -0.05) is 24.3 Å².